The van der Waals surface area contributed by atoms with Gasteiger partial charge in [-0.25, -0.2) is 0 Å². The number of benzene rings is 2. The monoisotopic (exact) mass is 290 g/mol. The molecule has 100 valence electrons. The van der Waals surface area contributed by atoms with Gasteiger partial charge in [0, 0.05) is 15.4 Å². The van der Waals surface area contributed by atoms with E-state index in [2.05, 4.69) is 20.8 Å². The first-order valence-corrected chi connectivity index (χ1v) is 9.47. The van der Waals surface area contributed by atoms with Gasteiger partial charge in [-0.1, -0.05) is 80.7 Å². The quantitative estimate of drug-likeness (QED) is 0.724. The van der Waals surface area contributed by atoms with E-state index in [1.54, 1.807) is 0 Å². The molecule has 0 fully saturated rings. The van der Waals surface area contributed by atoms with Gasteiger partial charge < -0.3 is 4.57 Å². The van der Waals surface area contributed by atoms with Crippen molar-refractivity contribution < 1.29 is 4.57 Å². The Labute approximate surface area is 119 Å². The minimum absolute atomic E-state index is 0.269. The van der Waals surface area contributed by atoms with Crippen molar-refractivity contribution in [1.82, 2.24) is 0 Å². The lowest BCUT2D eigenvalue weighted by atomic mass is 10.3. The summed E-state index contributed by atoms with van der Waals surface area (Å²) >= 11 is 1.51. The van der Waals surface area contributed by atoms with Gasteiger partial charge in [-0.3, -0.25) is 0 Å². The van der Waals surface area contributed by atoms with E-state index in [-0.39, 0.29) is 5.16 Å². The second kappa shape index (κ2) is 5.56. The molecule has 0 aromatic heterocycles. The fourth-order valence-corrected chi connectivity index (χ4v) is 6.88. The van der Waals surface area contributed by atoms with Gasteiger partial charge in [-0.05, 0) is 12.1 Å². The van der Waals surface area contributed by atoms with Gasteiger partial charge in [-0.15, -0.1) is 0 Å². The van der Waals surface area contributed by atoms with Crippen molar-refractivity contribution in [2.45, 2.75) is 30.8 Å². The van der Waals surface area contributed by atoms with E-state index in [0.29, 0.717) is 0 Å². The topological polar surface area (TPSA) is 17.1 Å². The van der Waals surface area contributed by atoms with Crippen molar-refractivity contribution in [3.8, 4) is 0 Å². The second-order valence-electron chi connectivity index (χ2n) is 5.46. The van der Waals surface area contributed by atoms with Crippen molar-refractivity contribution in [2.24, 2.45) is 0 Å². The first-order valence-electron chi connectivity index (χ1n) is 6.34. The third-order valence-corrected chi connectivity index (χ3v) is 10.1. The summed E-state index contributed by atoms with van der Waals surface area (Å²) in [5, 5.41) is 0.672. The summed E-state index contributed by atoms with van der Waals surface area (Å²) in [4.78, 5) is 1.06. The zero-order valence-corrected chi connectivity index (χ0v) is 13.2. The van der Waals surface area contributed by atoms with Crippen LogP contribution < -0.4 is 5.30 Å². The highest BCUT2D eigenvalue weighted by Gasteiger charge is 2.39. The van der Waals surface area contributed by atoms with Gasteiger partial charge >= 0.3 is 0 Å². The molecule has 0 saturated heterocycles. The Bertz CT molecular complexity index is 573. The summed E-state index contributed by atoms with van der Waals surface area (Å²) in [5.74, 6) is 0. The number of rotatable bonds is 3. The average molecular weight is 290 g/mol. The molecule has 0 aliphatic carbocycles. The Balaban J connectivity index is 2.46. The molecule has 0 N–H and O–H groups in total. The van der Waals surface area contributed by atoms with E-state index in [1.165, 1.54) is 11.4 Å². The summed E-state index contributed by atoms with van der Waals surface area (Å²) in [6.45, 7) is 6.16. The fourth-order valence-electron chi connectivity index (χ4n) is 1.83. The van der Waals surface area contributed by atoms with E-state index in [4.69, 9.17) is 0 Å². The SMILES string of the molecule is CC(C)(C)P(=O)(Sc1ccccc1)c1ccccc1. The predicted octanol–water partition coefficient (Wildman–Crippen LogP) is 5.18. The molecule has 2 aromatic rings. The van der Waals surface area contributed by atoms with E-state index >= 15 is 0 Å². The van der Waals surface area contributed by atoms with Crippen LogP contribution in [0.3, 0.4) is 0 Å². The summed E-state index contributed by atoms with van der Waals surface area (Å²) < 4.78 is 13.6. The highest BCUT2D eigenvalue weighted by molar-refractivity contribution is 8.60. The summed E-state index contributed by atoms with van der Waals surface area (Å²) in [7, 11) is 0. The molecule has 0 aliphatic heterocycles. The molecule has 0 saturated carbocycles. The zero-order valence-electron chi connectivity index (χ0n) is 11.5. The van der Waals surface area contributed by atoms with Crippen molar-refractivity contribution in [2.75, 3.05) is 0 Å². The summed E-state index contributed by atoms with van der Waals surface area (Å²) in [5.41, 5.74) is 0. The van der Waals surface area contributed by atoms with Gasteiger partial charge in [0.1, 0.15) is 0 Å². The Morgan fingerprint density at radius 1 is 0.842 bits per heavy atom. The van der Waals surface area contributed by atoms with Gasteiger partial charge in [0.2, 0.25) is 0 Å². The molecule has 1 atom stereocenters. The molecule has 19 heavy (non-hydrogen) atoms. The fraction of sp³-hybridized carbons (Fsp3) is 0.250. The first kappa shape index (κ1) is 14.4. The molecule has 0 heterocycles. The molecule has 0 radical (unpaired) electrons. The third-order valence-electron chi connectivity index (χ3n) is 2.96. The highest BCUT2D eigenvalue weighted by atomic mass is 32.7. The van der Waals surface area contributed by atoms with Crippen molar-refractivity contribution in [1.29, 1.82) is 0 Å². The molecular formula is C16H19OPS. The van der Waals surface area contributed by atoms with Crippen LogP contribution in [0.25, 0.3) is 0 Å². The molecule has 2 rings (SSSR count). The molecule has 2 aromatic carbocycles. The van der Waals surface area contributed by atoms with Crippen LogP contribution in [0, 0.1) is 0 Å². The number of hydrogen-bond acceptors (Lipinski definition) is 2. The first-order chi connectivity index (χ1) is 8.93. The summed E-state index contributed by atoms with van der Waals surface area (Å²) in [6, 6.07) is 19.8. The van der Waals surface area contributed by atoms with Crippen LogP contribution in [-0.4, -0.2) is 5.16 Å². The van der Waals surface area contributed by atoms with Gasteiger partial charge in [0.05, 0.1) is 0 Å². The standard InChI is InChI=1S/C16H19OPS/c1-16(2,3)18(17,14-10-6-4-7-11-14)19-15-12-8-5-9-13-15/h4-13H,1-3H3. The van der Waals surface area contributed by atoms with Crippen LogP contribution in [-0.2, 0) is 4.57 Å². The largest absolute Gasteiger partial charge is 0.306 e. The smallest absolute Gasteiger partial charge is 0.176 e. The molecule has 0 spiro atoms. The molecule has 0 aliphatic rings. The minimum atomic E-state index is -2.56. The van der Waals surface area contributed by atoms with Gasteiger partial charge in [0.25, 0.3) is 0 Å². The maximum absolute atomic E-state index is 13.6. The molecule has 1 unspecified atom stereocenters. The molecule has 1 nitrogen and oxygen atoms in total. The minimum Gasteiger partial charge on any atom is -0.306 e. The van der Waals surface area contributed by atoms with Crippen molar-refractivity contribution in [3.63, 3.8) is 0 Å². The van der Waals surface area contributed by atoms with Crippen molar-refractivity contribution >= 4 is 23.0 Å². The van der Waals surface area contributed by atoms with Gasteiger partial charge in [-0.2, -0.15) is 0 Å². The average Bonchev–Trinajstić information content (AvgIpc) is 2.39. The van der Waals surface area contributed by atoms with Crippen LogP contribution in [0.4, 0.5) is 0 Å². The van der Waals surface area contributed by atoms with E-state index in [0.717, 1.165) is 10.2 Å². The van der Waals surface area contributed by atoms with Crippen LogP contribution in [0.2, 0.25) is 0 Å². The lowest BCUT2D eigenvalue weighted by Gasteiger charge is -2.30. The predicted molar refractivity (Wildman–Crippen MR) is 85.7 cm³/mol. The molecule has 0 amide bonds. The van der Waals surface area contributed by atoms with Crippen LogP contribution in [0.5, 0.6) is 0 Å². The number of hydrogen-bond donors (Lipinski definition) is 0. The second-order valence-corrected chi connectivity index (χ2v) is 11.2. The third kappa shape index (κ3) is 3.13. The van der Waals surface area contributed by atoms with Crippen LogP contribution in [0.15, 0.2) is 65.6 Å². The highest BCUT2D eigenvalue weighted by Crippen LogP contribution is 2.68. The van der Waals surface area contributed by atoms with E-state index in [1.807, 2.05) is 60.7 Å². The Morgan fingerprint density at radius 3 is 1.79 bits per heavy atom. The lowest BCUT2D eigenvalue weighted by molar-refractivity contribution is 0.568. The normalized spacial score (nSPS) is 14.9. The van der Waals surface area contributed by atoms with E-state index < -0.39 is 6.34 Å². The van der Waals surface area contributed by atoms with Crippen molar-refractivity contribution in [3.05, 3.63) is 60.7 Å². The molecular weight excluding hydrogens is 271 g/mol. The Kier molecular flexibility index (Phi) is 4.23. The molecule has 0 bridgehead atoms. The van der Waals surface area contributed by atoms with Crippen LogP contribution >= 0.6 is 17.7 Å². The zero-order chi connectivity index (χ0) is 13.9. The maximum Gasteiger partial charge on any atom is 0.176 e. The Hall–Kier alpha value is -0.980. The molecule has 3 heteroatoms. The Morgan fingerprint density at radius 2 is 1.32 bits per heavy atom. The van der Waals surface area contributed by atoms with Gasteiger partial charge in [0.15, 0.2) is 6.34 Å². The lowest BCUT2D eigenvalue weighted by Crippen LogP contribution is -2.20. The van der Waals surface area contributed by atoms with Crippen LogP contribution in [0.1, 0.15) is 20.8 Å². The summed E-state index contributed by atoms with van der Waals surface area (Å²) in [6.07, 6.45) is -2.56. The van der Waals surface area contributed by atoms with E-state index in [9.17, 15) is 4.57 Å². The maximum atomic E-state index is 13.6.